The first-order chi connectivity index (χ1) is 9.55. The second-order valence-electron chi connectivity index (χ2n) is 5.95. The minimum absolute atomic E-state index is 0.406. The molecule has 0 radical (unpaired) electrons. The third-order valence-electron chi connectivity index (χ3n) is 4.42. The highest BCUT2D eigenvalue weighted by molar-refractivity contribution is 7.85. The molecule has 2 N–H and O–H groups in total. The Morgan fingerprint density at radius 2 is 2.05 bits per heavy atom. The summed E-state index contributed by atoms with van der Waals surface area (Å²) in [6.07, 6.45) is 4.39. The third-order valence-corrected chi connectivity index (χ3v) is 5.69. The summed E-state index contributed by atoms with van der Waals surface area (Å²) in [4.78, 5) is 13.9. The van der Waals surface area contributed by atoms with Gasteiger partial charge in [0.2, 0.25) is 0 Å². The molecule has 0 aromatic carbocycles. The van der Waals surface area contributed by atoms with Gasteiger partial charge in [0, 0.05) is 41.4 Å². The van der Waals surface area contributed by atoms with Gasteiger partial charge in [-0.1, -0.05) is 6.92 Å². The summed E-state index contributed by atoms with van der Waals surface area (Å²) in [6, 6.07) is 0.406. The van der Waals surface area contributed by atoms with E-state index in [1.54, 1.807) is 0 Å². The SMILES string of the molecule is CCC(CCCN1CCS(=O)CC1)(NC1CC1)C(=O)O. The van der Waals surface area contributed by atoms with Gasteiger partial charge in [-0.2, -0.15) is 0 Å². The lowest BCUT2D eigenvalue weighted by Gasteiger charge is -2.32. The van der Waals surface area contributed by atoms with Crippen LogP contribution in [0.2, 0.25) is 0 Å². The number of carboxylic acid groups (broad SMARTS) is 1. The van der Waals surface area contributed by atoms with Gasteiger partial charge in [-0.15, -0.1) is 0 Å². The lowest BCUT2D eigenvalue weighted by atomic mass is 9.90. The van der Waals surface area contributed by atoms with Crippen LogP contribution in [0, 0.1) is 0 Å². The molecular weight excluding hydrogens is 276 g/mol. The van der Waals surface area contributed by atoms with Gasteiger partial charge in [-0.05, 0) is 38.6 Å². The first-order valence-corrected chi connectivity index (χ1v) is 9.13. The van der Waals surface area contributed by atoms with Crippen molar-refractivity contribution >= 4 is 16.8 Å². The maximum absolute atomic E-state index is 11.6. The molecule has 1 saturated carbocycles. The average molecular weight is 302 g/mol. The first-order valence-electron chi connectivity index (χ1n) is 7.64. The van der Waals surface area contributed by atoms with Crippen LogP contribution in [0.5, 0.6) is 0 Å². The van der Waals surface area contributed by atoms with Crippen LogP contribution in [-0.4, -0.2) is 62.9 Å². The molecule has 6 heteroatoms. The number of carboxylic acids is 1. The minimum Gasteiger partial charge on any atom is -0.480 e. The van der Waals surface area contributed by atoms with E-state index in [1.807, 2.05) is 6.92 Å². The second kappa shape index (κ2) is 7.00. The lowest BCUT2D eigenvalue weighted by Crippen LogP contribution is -2.53. The lowest BCUT2D eigenvalue weighted by molar-refractivity contribution is -0.145. The van der Waals surface area contributed by atoms with Crippen molar-refractivity contribution in [2.75, 3.05) is 31.1 Å². The fraction of sp³-hybridized carbons (Fsp3) is 0.929. The highest BCUT2D eigenvalue weighted by atomic mass is 32.2. The van der Waals surface area contributed by atoms with Gasteiger partial charge in [-0.3, -0.25) is 14.3 Å². The Hall–Kier alpha value is -0.460. The van der Waals surface area contributed by atoms with Gasteiger partial charge < -0.3 is 10.0 Å². The van der Waals surface area contributed by atoms with E-state index < -0.39 is 22.3 Å². The van der Waals surface area contributed by atoms with Gasteiger partial charge in [0.1, 0.15) is 5.54 Å². The molecule has 1 unspecified atom stereocenters. The van der Waals surface area contributed by atoms with E-state index in [2.05, 4.69) is 10.2 Å². The summed E-state index contributed by atoms with van der Waals surface area (Å²) in [7, 11) is -0.640. The second-order valence-corrected chi connectivity index (χ2v) is 7.65. The summed E-state index contributed by atoms with van der Waals surface area (Å²) in [5.74, 6) is 0.808. The molecule has 1 atom stereocenters. The molecule has 1 aliphatic heterocycles. The molecule has 20 heavy (non-hydrogen) atoms. The fourth-order valence-corrected chi connectivity index (χ4v) is 3.92. The van der Waals surface area contributed by atoms with E-state index in [0.717, 1.165) is 50.4 Å². The number of aliphatic carboxylic acids is 1. The Balaban J connectivity index is 1.79. The zero-order valence-electron chi connectivity index (χ0n) is 12.3. The monoisotopic (exact) mass is 302 g/mol. The molecule has 1 heterocycles. The largest absolute Gasteiger partial charge is 0.480 e. The minimum atomic E-state index is -0.750. The Morgan fingerprint density at radius 1 is 1.40 bits per heavy atom. The van der Waals surface area contributed by atoms with E-state index in [1.165, 1.54) is 0 Å². The summed E-state index contributed by atoms with van der Waals surface area (Å²) < 4.78 is 11.3. The molecule has 1 saturated heterocycles. The number of nitrogens with one attached hydrogen (secondary N) is 1. The fourth-order valence-electron chi connectivity index (χ4n) is 2.79. The van der Waals surface area contributed by atoms with Crippen molar-refractivity contribution in [3.8, 4) is 0 Å². The summed E-state index contributed by atoms with van der Waals surface area (Å²) in [5, 5.41) is 12.9. The molecule has 5 nitrogen and oxygen atoms in total. The molecule has 0 spiro atoms. The number of hydrogen-bond acceptors (Lipinski definition) is 4. The molecule has 116 valence electrons. The molecule has 1 aliphatic carbocycles. The highest BCUT2D eigenvalue weighted by Crippen LogP contribution is 2.27. The van der Waals surface area contributed by atoms with Crippen molar-refractivity contribution in [2.45, 2.75) is 50.6 Å². The van der Waals surface area contributed by atoms with Crippen LogP contribution in [0.15, 0.2) is 0 Å². The summed E-state index contributed by atoms with van der Waals surface area (Å²) in [6.45, 7) is 4.63. The number of nitrogens with zero attached hydrogens (tertiary/aromatic N) is 1. The van der Waals surface area contributed by atoms with Crippen LogP contribution in [0.25, 0.3) is 0 Å². The molecule has 2 aliphatic rings. The Labute approximate surface area is 123 Å². The zero-order valence-corrected chi connectivity index (χ0v) is 13.1. The Bertz CT molecular complexity index is 363. The maximum Gasteiger partial charge on any atom is 0.323 e. The van der Waals surface area contributed by atoms with E-state index in [4.69, 9.17) is 0 Å². The van der Waals surface area contributed by atoms with E-state index >= 15 is 0 Å². The predicted octanol–water partition coefficient (Wildman–Crippen LogP) is 0.816. The van der Waals surface area contributed by atoms with Gasteiger partial charge >= 0.3 is 5.97 Å². The van der Waals surface area contributed by atoms with Gasteiger partial charge in [0.05, 0.1) is 0 Å². The van der Waals surface area contributed by atoms with Gasteiger partial charge in [-0.25, -0.2) is 0 Å². The molecule has 2 rings (SSSR count). The van der Waals surface area contributed by atoms with Crippen LogP contribution in [0.1, 0.15) is 39.0 Å². The maximum atomic E-state index is 11.6. The Morgan fingerprint density at radius 3 is 2.55 bits per heavy atom. The molecule has 0 aromatic heterocycles. The third kappa shape index (κ3) is 4.27. The molecule has 2 fully saturated rings. The first kappa shape index (κ1) is 15.9. The normalized spacial score (nSPS) is 24.4. The van der Waals surface area contributed by atoms with Crippen LogP contribution >= 0.6 is 0 Å². The summed E-state index contributed by atoms with van der Waals surface area (Å²) >= 11 is 0. The average Bonchev–Trinajstić information content (AvgIpc) is 3.23. The molecule has 0 bridgehead atoms. The van der Waals surface area contributed by atoms with Gasteiger partial charge in [0.25, 0.3) is 0 Å². The van der Waals surface area contributed by atoms with Crippen LogP contribution < -0.4 is 5.32 Å². The number of hydrogen-bond donors (Lipinski definition) is 2. The van der Waals surface area contributed by atoms with Crippen molar-refractivity contribution in [2.24, 2.45) is 0 Å². The predicted molar refractivity (Wildman–Crippen MR) is 80.4 cm³/mol. The van der Waals surface area contributed by atoms with Gasteiger partial charge in [0.15, 0.2) is 0 Å². The van der Waals surface area contributed by atoms with Crippen molar-refractivity contribution in [1.82, 2.24) is 10.2 Å². The van der Waals surface area contributed by atoms with E-state index in [9.17, 15) is 14.1 Å². The molecular formula is C14H26N2O3S. The standard InChI is InChI=1S/C14H26N2O3S/c1-2-14(13(17)18,15-12-4-5-12)6-3-7-16-8-10-20(19)11-9-16/h12,15H,2-11H2,1H3,(H,17,18). The van der Waals surface area contributed by atoms with Crippen molar-refractivity contribution < 1.29 is 14.1 Å². The van der Waals surface area contributed by atoms with E-state index in [0.29, 0.717) is 18.9 Å². The quantitative estimate of drug-likeness (QED) is 0.694. The topological polar surface area (TPSA) is 69.6 Å². The zero-order chi connectivity index (χ0) is 14.6. The molecule has 0 aromatic rings. The highest BCUT2D eigenvalue weighted by Gasteiger charge is 2.40. The van der Waals surface area contributed by atoms with Crippen molar-refractivity contribution in [1.29, 1.82) is 0 Å². The molecule has 0 amide bonds. The summed E-state index contributed by atoms with van der Waals surface area (Å²) in [5.41, 5.74) is -0.750. The Kier molecular flexibility index (Phi) is 5.57. The van der Waals surface area contributed by atoms with Crippen LogP contribution in [-0.2, 0) is 15.6 Å². The number of rotatable bonds is 8. The van der Waals surface area contributed by atoms with Crippen molar-refractivity contribution in [3.63, 3.8) is 0 Å². The van der Waals surface area contributed by atoms with Crippen LogP contribution in [0.3, 0.4) is 0 Å². The number of carbonyl (C=O) groups is 1. The van der Waals surface area contributed by atoms with Crippen LogP contribution in [0.4, 0.5) is 0 Å². The van der Waals surface area contributed by atoms with Crippen molar-refractivity contribution in [3.05, 3.63) is 0 Å². The smallest absolute Gasteiger partial charge is 0.323 e. The van der Waals surface area contributed by atoms with E-state index in [-0.39, 0.29) is 0 Å².